The smallest absolute Gasteiger partial charge is 0.218 e. The highest BCUT2D eigenvalue weighted by atomic mass is 32.2. The number of aryl methyl sites for hydroxylation is 2. The van der Waals surface area contributed by atoms with Gasteiger partial charge in [0.05, 0.1) is 22.8 Å². The molecule has 0 spiro atoms. The Morgan fingerprint density at radius 3 is 2.30 bits per heavy atom. The topological polar surface area (TPSA) is 69.3 Å². The number of H-pyrrole nitrogens is 1. The van der Waals surface area contributed by atoms with E-state index in [9.17, 15) is 8.42 Å². The summed E-state index contributed by atoms with van der Waals surface area (Å²) in [6, 6.07) is 9.34. The van der Waals surface area contributed by atoms with Crippen LogP contribution in [0.4, 0.5) is 5.69 Å². The zero-order valence-electron chi connectivity index (χ0n) is 13.5. The molecule has 1 aliphatic rings. The van der Waals surface area contributed by atoms with Gasteiger partial charge < -0.3 is 4.90 Å². The number of sulfonamides is 1. The molecule has 6 nitrogen and oxygen atoms in total. The molecule has 124 valence electrons. The number of rotatable bonds is 4. The van der Waals surface area contributed by atoms with E-state index in [-0.39, 0.29) is 5.75 Å². The molecule has 1 aromatic carbocycles. The summed E-state index contributed by atoms with van der Waals surface area (Å²) >= 11 is 0. The Kier molecular flexibility index (Phi) is 4.41. The van der Waals surface area contributed by atoms with Crippen LogP contribution in [-0.4, -0.2) is 49.1 Å². The van der Waals surface area contributed by atoms with Crippen LogP contribution in [0.25, 0.3) is 0 Å². The fourth-order valence-electron chi connectivity index (χ4n) is 3.08. The molecule has 2 aromatic rings. The lowest BCUT2D eigenvalue weighted by Gasteiger charge is -2.35. The number of nitrogens with zero attached hydrogens (tertiary/aromatic N) is 3. The normalized spacial score (nSPS) is 16.7. The van der Waals surface area contributed by atoms with Gasteiger partial charge in [0.1, 0.15) is 0 Å². The molecule has 0 saturated carbocycles. The molecule has 0 atom stereocenters. The first-order chi connectivity index (χ1) is 11.0. The number of aromatic amines is 1. The van der Waals surface area contributed by atoms with E-state index in [0.717, 1.165) is 22.6 Å². The van der Waals surface area contributed by atoms with Gasteiger partial charge in [-0.2, -0.15) is 9.40 Å². The lowest BCUT2D eigenvalue weighted by Crippen LogP contribution is -2.49. The highest BCUT2D eigenvalue weighted by Gasteiger charge is 2.28. The van der Waals surface area contributed by atoms with E-state index >= 15 is 0 Å². The molecule has 0 bridgehead atoms. The molecule has 7 heteroatoms. The maximum absolute atomic E-state index is 12.6. The van der Waals surface area contributed by atoms with Crippen LogP contribution < -0.4 is 4.90 Å². The molecule has 0 radical (unpaired) electrons. The van der Waals surface area contributed by atoms with Crippen LogP contribution in [0, 0.1) is 13.8 Å². The van der Waals surface area contributed by atoms with Gasteiger partial charge in [0.2, 0.25) is 10.0 Å². The van der Waals surface area contributed by atoms with Crippen molar-refractivity contribution in [3.63, 3.8) is 0 Å². The quantitative estimate of drug-likeness (QED) is 0.923. The van der Waals surface area contributed by atoms with Crippen molar-refractivity contribution >= 4 is 15.7 Å². The Labute approximate surface area is 137 Å². The number of hydrogen-bond donors (Lipinski definition) is 1. The highest BCUT2D eigenvalue weighted by Crippen LogP contribution is 2.24. The van der Waals surface area contributed by atoms with Crippen LogP contribution in [0.3, 0.4) is 0 Å². The predicted octanol–water partition coefficient (Wildman–Crippen LogP) is 1.68. The molecule has 1 fully saturated rings. The van der Waals surface area contributed by atoms with Crippen LogP contribution >= 0.6 is 0 Å². The number of nitrogens with one attached hydrogen (secondary N) is 1. The molecule has 0 aliphatic carbocycles. The Morgan fingerprint density at radius 1 is 1.09 bits per heavy atom. The summed E-state index contributed by atoms with van der Waals surface area (Å²) in [5.41, 5.74) is 3.92. The highest BCUT2D eigenvalue weighted by molar-refractivity contribution is 7.88. The number of piperazine rings is 1. The molecule has 0 amide bonds. The number of hydrogen-bond acceptors (Lipinski definition) is 4. The zero-order chi connectivity index (χ0) is 16.4. The van der Waals surface area contributed by atoms with Crippen molar-refractivity contribution in [3.05, 3.63) is 47.3 Å². The minimum Gasteiger partial charge on any atom is -0.366 e. The first-order valence-electron chi connectivity index (χ1n) is 7.75. The van der Waals surface area contributed by atoms with Gasteiger partial charge in [0.25, 0.3) is 0 Å². The Bertz CT molecular complexity index is 743. The molecule has 1 aliphatic heterocycles. The maximum atomic E-state index is 12.6. The molecular weight excluding hydrogens is 312 g/mol. The van der Waals surface area contributed by atoms with E-state index in [2.05, 4.69) is 15.1 Å². The average molecular weight is 334 g/mol. The van der Waals surface area contributed by atoms with E-state index in [1.54, 1.807) is 4.31 Å². The lowest BCUT2D eigenvalue weighted by molar-refractivity contribution is 0.384. The second-order valence-corrected chi connectivity index (χ2v) is 7.88. The van der Waals surface area contributed by atoms with Gasteiger partial charge in [-0.25, -0.2) is 8.42 Å². The van der Waals surface area contributed by atoms with Crippen molar-refractivity contribution in [1.82, 2.24) is 14.5 Å². The van der Waals surface area contributed by atoms with E-state index < -0.39 is 10.0 Å². The molecule has 2 heterocycles. The minimum atomic E-state index is -3.27. The first-order valence-corrected chi connectivity index (χ1v) is 9.36. The minimum absolute atomic E-state index is 0.0671. The Morgan fingerprint density at radius 2 is 1.74 bits per heavy atom. The van der Waals surface area contributed by atoms with Crippen molar-refractivity contribution in [2.24, 2.45) is 0 Å². The number of aromatic nitrogens is 2. The van der Waals surface area contributed by atoms with E-state index in [0.29, 0.717) is 26.2 Å². The largest absolute Gasteiger partial charge is 0.366 e. The van der Waals surface area contributed by atoms with Gasteiger partial charge in [0.15, 0.2) is 0 Å². The van der Waals surface area contributed by atoms with Crippen LogP contribution in [0.15, 0.2) is 30.3 Å². The SMILES string of the molecule is Cc1n[nH]c(C)c1N1CCN(S(=O)(=O)Cc2ccccc2)CC1. The van der Waals surface area contributed by atoms with E-state index in [1.165, 1.54) is 0 Å². The predicted molar refractivity (Wildman–Crippen MR) is 90.9 cm³/mol. The maximum Gasteiger partial charge on any atom is 0.218 e. The van der Waals surface area contributed by atoms with Gasteiger partial charge in [-0.15, -0.1) is 0 Å². The summed E-state index contributed by atoms with van der Waals surface area (Å²) in [5, 5.41) is 7.20. The second-order valence-electron chi connectivity index (χ2n) is 5.91. The molecule has 0 unspecified atom stereocenters. The third kappa shape index (κ3) is 3.40. The van der Waals surface area contributed by atoms with Gasteiger partial charge in [-0.05, 0) is 19.4 Å². The van der Waals surface area contributed by atoms with Crippen molar-refractivity contribution in [1.29, 1.82) is 0 Å². The third-order valence-electron chi connectivity index (χ3n) is 4.23. The molecular formula is C16H22N4O2S. The van der Waals surface area contributed by atoms with E-state index in [1.807, 2.05) is 44.2 Å². The molecule has 1 N–H and O–H groups in total. The van der Waals surface area contributed by atoms with Gasteiger partial charge >= 0.3 is 0 Å². The monoisotopic (exact) mass is 334 g/mol. The standard InChI is InChI=1S/C16H22N4O2S/c1-13-16(14(2)18-17-13)19-8-10-20(11-9-19)23(21,22)12-15-6-4-3-5-7-15/h3-7H,8-12H2,1-2H3,(H,17,18). The summed E-state index contributed by atoms with van der Waals surface area (Å²) in [6.45, 7) is 6.37. The van der Waals surface area contributed by atoms with Crippen molar-refractivity contribution in [2.75, 3.05) is 31.1 Å². The first kappa shape index (κ1) is 16.0. The fourth-order valence-corrected chi connectivity index (χ4v) is 4.59. The second kappa shape index (κ2) is 6.33. The molecule has 1 saturated heterocycles. The molecule has 1 aromatic heterocycles. The average Bonchev–Trinajstić information content (AvgIpc) is 2.87. The van der Waals surface area contributed by atoms with Gasteiger partial charge in [-0.1, -0.05) is 30.3 Å². The van der Waals surface area contributed by atoms with Crippen molar-refractivity contribution in [3.8, 4) is 0 Å². The zero-order valence-corrected chi connectivity index (χ0v) is 14.3. The van der Waals surface area contributed by atoms with Crippen LogP contribution in [0.2, 0.25) is 0 Å². The van der Waals surface area contributed by atoms with Gasteiger partial charge in [-0.3, -0.25) is 5.10 Å². The summed E-state index contributed by atoms with van der Waals surface area (Å²) in [6.07, 6.45) is 0. The summed E-state index contributed by atoms with van der Waals surface area (Å²) < 4.78 is 26.7. The Hall–Kier alpha value is -1.86. The third-order valence-corrected chi connectivity index (χ3v) is 6.08. The fraction of sp³-hybridized carbons (Fsp3) is 0.438. The molecule has 3 rings (SSSR count). The van der Waals surface area contributed by atoms with Crippen molar-refractivity contribution in [2.45, 2.75) is 19.6 Å². The summed E-state index contributed by atoms with van der Waals surface area (Å²) in [7, 11) is -3.27. The van der Waals surface area contributed by atoms with Crippen LogP contribution in [-0.2, 0) is 15.8 Å². The van der Waals surface area contributed by atoms with E-state index in [4.69, 9.17) is 0 Å². The molecule has 23 heavy (non-hydrogen) atoms. The van der Waals surface area contributed by atoms with Crippen LogP contribution in [0.5, 0.6) is 0 Å². The van der Waals surface area contributed by atoms with Crippen LogP contribution in [0.1, 0.15) is 17.0 Å². The summed E-state index contributed by atoms with van der Waals surface area (Å²) in [4.78, 5) is 2.21. The summed E-state index contributed by atoms with van der Waals surface area (Å²) in [5.74, 6) is 0.0671. The van der Waals surface area contributed by atoms with Gasteiger partial charge in [0, 0.05) is 26.2 Å². The van der Waals surface area contributed by atoms with Crippen molar-refractivity contribution < 1.29 is 8.42 Å². The number of benzene rings is 1. The Balaban J connectivity index is 1.67. The lowest BCUT2D eigenvalue weighted by atomic mass is 10.2. The number of anilines is 1.